The van der Waals surface area contributed by atoms with Crippen molar-refractivity contribution in [2.75, 3.05) is 24.7 Å². The van der Waals surface area contributed by atoms with Crippen LogP contribution in [0.2, 0.25) is 0 Å². The summed E-state index contributed by atoms with van der Waals surface area (Å²) >= 11 is 0. The Kier molecular flexibility index (Phi) is 6.74. The van der Waals surface area contributed by atoms with Crippen LogP contribution in [0.4, 0.5) is 10.1 Å². The molecule has 0 radical (unpaired) electrons. The summed E-state index contributed by atoms with van der Waals surface area (Å²) in [7, 11) is -4.66. The van der Waals surface area contributed by atoms with Crippen LogP contribution in [0.15, 0.2) is 94.2 Å². The number of nitrogens with zero attached hydrogens (tertiary/aromatic N) is 1. The van der Waals surface area contributed by atoms with E-state index in [1.807, 2.05) is 0 Å². The molecule has 11 heteroatoms. The molecular weight excluding hydrogens is 591 g/mol. The number of halogens is 1. The molecular formula is C32H25FN2O6S2. The number of nitrogens with one attached hydrogen (secondary N) is 1. The Balaban J connectivity index is 1.61. The first kappa shape index (κ1) is 28.4. The van der Waals surface area contributed by atoms with E-state index in [9.17, 15) is 26.0 Å². The maximum atomic E-state index is 13.7. The van der Waals surface area contributed by atoms with E-state index in [1.54, 1.807) is 60.7 Å². The fourth-order valence-corrected chi connectivity index (χ4v) is 7.38. The van der Waals surface area contributed by atoms with Gasteiger partial charge in [-0.3, -0.25) is 9.10 Å². The third-order valence-electron chi connectivity index (χ3n) is 7.45. The van der Waals surface area contributed by atoms with E-state index in [2.05, 4.69) is 5.32 Å². The molecule has 1 aliphatic rings. The van der Waals surface area contributed by atoms with Crippen LogP contribution >= 0.6 is 0 Å². The first-order valence-electron chi connectivity index (χ1n) is 13.1. The Hall–Kier alpha value is -4.74. The molecule has 0 aliphatic carbocycles. The molecule has 0 unspecified atom stereocenters. The van der Waals surface area contributed by atoms with E-state index in [0.29, 0.717) is 33.2 Å². The largest absolute Gasteiger partial charge is 0.455 e. The number of hydrogen-bond acceptors (Lipinski definition) is 6. The summed E-state index contributed by atoms with van der Waals surface area (Å²) in [6.07, 6.45) is 2.68. The van der Waals surface area contributed by atoms with Gasteiger partial charge in [0.15, 0.2) is 0 Å². The summed E-state index contributed by atoms with van der Waals surface area (Å²) in [5.74, 6) is -0.724. The number of hydrogen-bond donors (Lipinski definition) is 1. The van der Waals surface area contributed by atoms with Gasteiger partial charge in [0.1, 0.15) is 17.2 Å². The van der Waals surface area contributed by atoms with Gasteiger partial charge < -0.3 is 9.73 Å². The molecule has 4 aromatic carbocycles. The second-order valence-corrected chi connectivity index (χ2v) is 14.0. The molecule has 43 heavy (non-hydrogen) atoms. The van der Waals surface area contributed by atoms with Crippen molar-refractivity contribution in [2.24, 2.45) is 0 Å². The summed E-state index contributed by atoms with van der Waals surface area (Å²) in [5.41, 5.74) is 3.08. The quantitative estimate of drug-likeness (QED) is 0.252. The lowest BCUT2D eigenvalue weighted by Crippen LogP contribution is -2.25. The fraction of sp³-hybridized carbons (Fsp3) is 0.0938. The highest BCUT2D eigenvalue weighted by Crippen LogP contribution is 2.43. The van der Waals surface area contributed by atoms with Crippen LogP contribution in [0.3, 0.4) is 0 Å². The number of sulfonamides is 1. The Labute approximate surface area is 248 Å². The summed E-state index contributed by atoms with van der Waals surface area (Å²) in [4.78, 5) is 13.5. The van der Waals surface area contributed by atoms with Gasteiger partial charge in [0.2, 0.25) is 19.9 Å². The fourth-order valence-electron chi connectivity index (χ4n) is 5.22. The summed E-state index contributed by atoms with van der Waals surface area (Å²) < 4.78 is 73.1. The highest BCUT2D eigenvalue weighted by atomic mass is 32.2. The SMILES string of the molecule is CNC(=O)c1c(-c2ccc(F)cc2)oc2cc(N(C)S(C)(=O)=O)c(-c3cccc(C4=Cc5ccccc5S4(=O)=O)c3)cc12. The van der Waals surface area contributed by atoms with Gasteiger partial charge in [-0.15, -0.1) is 0 Å². The molecule has 1 aromatic heterocycles. The van der Waals surface area contributed by atoms with Gasteiger partial charge in [0.25, 0.3) is 5.91 Å². The van der Waals surface area contributed by atoms with E-state index in [-0.39, 0.29) is 32.4 Å². The lowest BCUT2D eigenvalue weighted by atomic mass is 9.97. The molecule has 0 saturated heterocycles. The minimum Gasteiger partial charge on any atom is -0.455 e. The number of fused-ring (bicyclic) bond motifs is 2. The average Bonchev–Trinajstić information content (AvgIpc) is 3.49. The molecule has 1 N–H and O–H groups in total. The highest BCUT2D eigenvalue weighted by molar-refractivity contribution is 8.01. The van der Waals surface area contributed by atoms with Gasteiger partial charge in [-0.2, -0.15) is 0 Å². The molecule has 0 bridgehead atoms. The number of benzene rings is 4. The van der Waals surface area contributed by atoms with Crippen LogP contribution in [0, 0.1) is 5.82 Å². The van der Waals surface area contributed by atoms with Gasteiger partial charge >= 0.3 is 0 Å². The smallest absolute Gasteiger partial charge is 0.255 e. The zero-order valence-electron chi connectivity index (χ0n) is 23.3. The van der Waals surface area contributed by atoms with Gasteiger partial charge in [0, 0.05) is 36.7 Å². The molecule has 0 saturated carbocycles. The molecule has 6 rings (SSSR count). The first-order chi connectivity index (χ1) is 20.4. The van der Waals surface area contributed by atoms with Gasteiger partial charge in [-0.05, 0) is 65.2 Å². The van der Waals surface area contributed by atoms with Gasteiger partial charge in [-0.25, -0.2) is 21.2 Å². The van der Waals surface area contributed by atoms with E-state index >= 15 is 0 Å². The zero-order valence-corrected chi connectivity index (χ0v) is 24.9. The third kappa shape index (κ3) is 4.80. The van der Waals surface area contributed by atoms with E-state index in [0.717, 1.165) is 10.6 Å². The lowest BCUT2D eigenvalue weighted by Gasteiger charge is -2.21. The van der Waals surface area contributed by atoms with Crippen LogP contribution in [-0.4, -0.2) is 43.1 Å². The number of amides is 1. The lowest BCUT2D eigenvalue weighted by molar-refractivity contribution is 0.0964. The molecule has 8 nitrogen and oxygen atoms in total. The third-order valence-corrected chi connectivity index (χ3v) is 10.5. The van der Waals surface area contributed by atoms with Crippen molar-refractivity contribution in [3.05, 3.63) is 107 Å². The molecule has 218 valence electrons. The monoisotopic (exact) mass is 616 g/mol. The summed E-state index contributed by atoms with van der Waals surface area (Å²) in [6, 6.07) is 22.2. The number of anilines is 1. The van der Waals surface area contributed by atoms with Crippen molar-refractivity contribution in [2.45, 2.75) is 4.90 Å². The Morgan fingerprint density at radius 2 is 1.60 bits per heavy atom. The summed E-state index contributed by atoms with van der Waals surface area (Å²) in [6.45, 7) is 0. The Bertz CT molecular complexity index is 2200. The van der Waals surface area contributed by atoms with Crippen molar-refractivity contribution >= 4 is 53.4 Å². The average molecular weight is 617 g/mol. The predicted molar refractivity (Wildman–Crippen MR) is 165 cm³/mol. The van der Waals surface area contributed by atoms with Crippen LogP contribution in [-0.2, 0) is 19.9 Å². The molecule has 1 aliphatic heterocycles. The predicted octanol–water partition coefficient (Wildman–Crippen LogP) is 5.95. The minimum atomic E-state index is -3.77. The van der Waals surface area contributed by atoms with Crippen LogP contribution in [0.1, 0.15) is 21.5 Å². The van der Waals surface area contributed by atoms with Crippen LogP contribution in [0.5, 0.6) is 0 Å². The number of sulfone groups is 1. The van der Waals surface area contributed by atoms with Crippen molar-refractivity contribution < 1.29 is 30.4 Å². The molecule has 5 aromatic rings. The number of furan rings is 1. The molecule has 0 atom stereocenters. The highest BCUT2D eigenvalue weighted by Gasteiger charge is 2.31. The maximum absolute atomic E-state index is 13.7. The summed E-state index contributed by atoms with van der Waals surface area (Å²) in [5, 5.41) is 3.01. The van der Waals surface area contributed by atoms with E-state index in [1.165, 1.54) is 44.4 Å². The minimum absolute atomic E-state index is 0.127. The molecule has 0 fully saturated rings. The van der Waals surface area contributed by atoms with E-state index < -0.39 is 31.6 Å². The maximum Gasteiger partial charge on any atom is 0.255 e. The van der Waals surface area contributed by atoms with Gasteiger partial charge in [-0.1, -0.05) is 36.4 Å². The van der Waals surface area contributed by atoms with Crippen molar-refractivity contribution in [3.63, 3.8) is 0 Å². The molecule has 1 amide bonds. The van der Waals surface area contributed by atoms with Crippen LogP contribution in [0.25, 0.3) is 44.4 Å². The van der Waals surface area contributed by atoms with Crippen LogP contribution < -0.4 is 9.62 Å². The second-order valence-electron chi connectivity index (χ2n) is 10.1. The second kappa shape index (κ2) is 10.2. The Morgan fingerprint density at radius 3 is 2.28 bits per heavy atom. The standard InChI is InChI=1S/C32H25FN2O6S2/c1-34-32(36)30-25-17-24(20-8-6-9-21(15-20)29-16-22-7-4-5-10-28(22)43(29,39)40)26(35(2)42(3,37)38)18-27(25)41-31(30)19-11-13-23(33)14-12-19/h4-18H,1-3H3,(H,34,36). The van der Waals surface area contributed by atoms with E-state index in [4.69, 9.17) is 4.42 Å². The topological polar surface area (TPSA) is 114 Å². The molecule has 2 heterocycles. The first-order valence-corrected chi connectivity index (χ1v) is 16.4. The number of carbonyl (C=O) groups is 1. The van der Waals surface area contributed by atoms with Crippen molar-refractivity contribution in [1.29, 1.82) is 0 Å². The number of carbonyl (C=O) groups excluding carboxylic acids is 1. The van der Waals surface area contributed by atoms with Gasteiger partial charge in [0.05, 0.1) is 27.3 Å². The zero-order chi connectivity index (χ0) is 30.7. The number of rotatable bonds is 6. The Morgan fingerprint density at radius 1 is 0.907 bits per heavy atom. The molecule has 0 spiro atoms. The van der Waals surface area contributed by atoms with Crippen molar-refractivity contribution in [1.82, 2.24) is 5.32 Å². The van der Waals surface area contributed by atoms with Crippen molar-refractivity contribution in [3.8, 4) is 22.5 Å². The normalized spacial score (nSPS) is 13.9.